The number of hydrogen-bond donors (Lipinski definition) is 0. The third-order valence-electron chi connectivity index (χ3n) is 4.18. The van der Waals surface area contributed by atoms with Crippen molar-refractivity contribution in [3.8, 4) is 0 Å². The summed E-state index contributed by atoms with van der Waals surface area (Å²) in [6, 6.07) is 0. The molecule has 0 radical (unpaired) electrons. The Hall–Kier alpha value is -0.420. The van der Waals surface area contributed by atoms with Gasteiger partial charge in [0.1, 0.15) is 0 Å². The minimum Gasteiger partial charge on any atom is -0.382 e. The summed E-state index contributed by atoms with van der Waals surface area (Å²) in [7, 11) is 3.35. The van der Waals surface area contributed by atoms with Gasteiger partial charge in [-0.25, -0.2) is 0 Å². The van der Waals surface area contributed by atoms with Crippen molar-refractivity contribution in [3.05, 3.63) is 12.7 Å². The van der Waals surface area contributed by atoms with Crippen LogP contribution in [0.4, 0.5) is 0 Å². The van der Waals surface area contributed by atoms with Gasteiger partial charge in [-0.05, 0) is 13.3 Å². The predicted octanol–water partition coefficient (Wildman–Crippen LogP) is 4.58. The predicted molar refractivity (Wildman–Crippen MR) is 95.7 cm³/mol. The van der Waals surface area contributed by atoms with Crippen LogP contribution in [0.15, 0.2) is 12.7 Å². The smallest absolute Gasteiger partial charge is 0.171 e. The molecule has 0 aliphatic carbocycles. The average molecular weight is 331 g/mol. The largest absolute Gasteiger partial charge is 0.382 e. The molecule has 0 rings (SSSR count). The van der Waals surface area contributed by atoms with Gasteiger partial charge in [-0.15, -0.1) is 6.58 Å². The fourth-order valence-electron chi connectivity index (χ4n) is 2.65. The van der Waals surface area contributed by atoms with Gasteiger partial charge in [0.05, 0.1) is 26.4 Å². The van der Waals surface area contributed by atoms with E-state index in [4.69, 9.17) is 18.9 Å². The Bertz CT molecular complexity index is 258. The van der Waals surface area contributed by atoms with Gasteiger partial charge in [-0.2, -0.15) is 0 Å². The van der Waals surface area contributed by atoms with E-state index < -0.39 is 5.79 Å². The van der Waals surface area contributed by atoms with Crippen LogP contribution in [-0.4, -0.2) is 46.4 Å². The molecule has 0 fully saturated rings. The lowest BCUT2D eigenvalue weighted by Gasteiger charge is -2.36. The van der Waals surface area contributed by atoms with Gasteiger partial charge < -0.3 is 18.9 Å². The van der Waals surface area contributed by atoms with E-state index in [0.717, 1.165) is 6.42 Å². The molecule has 1 atom stereocenters. The molecule has 0 amide bonds. The summed E-state index contributed by atoms with van der Waals surface area (Å²) in [4.78, 5) is 0. The van der Waals surface area contributed by atoms with Gasteiger partial charge in [0.2, 0.25) is 0 Å². The van der Waals surface area contributed by atoms with Crippen LogP contribution < -0.4 is 0 Å². The first-order valence-electron chi connectivity index (χ1n) is 9.03. The van der Waals surface area contributed by atoms with Crippen LogP contribution in [0.3, 0.4) is 0 Å². The summed E-state index contributed by atoms with van der Waals surface area (Å²) in [6.45, 7) is 10.4. The Balaban J connectivity index is 4.38. The first-order chi connectivity index (χ1) is 11.1. The molecule has 138 valence electrons. The molecule has 0 bridgehead atoms. The first-order valence-corrected chi connectivity index (χ1v) is 9.03. The minimum atomic E-state index is -0.664. The minimum absolute atomic E-state index is 0.169. The molecule has 0 saturated carbocycles. The maximum absolute atomic E-state index is 5.99. The van der Waals surface area contributed by atoms with E-state index in [-0.39, 0.29) is 5.92 Å². The van der Waals surface area contributed by atoms with Gasteiger partial charge in [0, 0.05) is 20.1 Å². The second-order valence-corrected chi connectivity index (χ2v) is 6.10. The van der Waals surface area contributed by atoms with Gasteiger partial charge >= 0.3 is 0 Å². The Morgan fingerprint density at radius 3 is 1.87 bits per heavy atom. The molecule has 0 aromatic heterocycles. The molecule has 1 unspecified atom stereocenters. The third-order valence-corrected chi connectivity index (χ3v) is 4.18. The highest BCUT2D eigenvalue weighted by molar-refractivity contribution is 4.89. The lowest BCUT2D eigenvalue weighted by molar-refractivity contribution is -0.255. The van der Waals surface area contributed by atoms with Crippen molar-refractivity contribution >= 4 is 0 Å². The van der Waals surface area contributed by atoms with Crippen LogP contribution >= 0.6 is 0 Å². The molecule has 0 aromatic rings. The van der Waals surface area contributed by atoms with Crippen molar-refractivity contribution in [1.82, 2.24) is 0 Å². The summed E-state index contributed by atoms with van der Waals surface area (Å²) < 4.78 is 22.1. The van der Waals surface area contributed by atoms with Crippen molar-refractivity contribution in [3.63, 3.8) is 0 Å². The van der Waals surface area contributed by atoms with Crippen LogP contribution in [-0.2, 0) is 18.9 Å². The zero-order valence-corrected chi connectivity index (χ0v) is 15.8. The van der Waals surface area contributed by atoms with Crippen molar-refractivity contribution in [2.45, 2.75) is 64.6 Å². The van der Waals surface area contributed by atoms with E-state index >= 15 is 0 Å². The van der Waals surface area contributed by atoms with E-state index in [1.807, 2.05) is 13.0 Å². The van der Waals surface area contributed by atoms with Gasteiger partial charge in [-0.3, -0.25) is 0 Å². The fourth-order valence-corrected chi connectivity index (χ4v) is 2.65. The quantitative estimate of drug-likeness (QED) is 0.222. The van der Waals surface area contributed by atoms with Crippen LogP contribution in [0.5, 0.6) is 0 Å². The van der Waals surface area contributed by atoms with Crippen LogP contribution in [0.2, 0.25) is 0 Å². The maximum atomic E-state index is 5.99. The lowest BCUT2D eigenvalue weighted by Crippen LogP contribution is -2.41. The van der Waals surface area contributed by atoms with Gasteiger partial charge in [-0.1, -0.05) is 51.5 Å². The average Bonchev–Trinajstić information content (AvgIpc) is 2.54. The van der Waals surface area contributed by atoms with Crippen molar-refractivity contribution < 1.29 is 18.9 Å². The molecular formula is C19H38O4. The summed E-state index contributed by atoms with van der Waals surface area (Å²) in [6.07, 6.45) is 10.7. The van der Waals surface area contributed by atoms with Gasteiger partial charge in [0.25, 0.3) is 0 Å². The van der Waals surface area contributed by atoms with E-state index in [9.17, 15) is 0 Å². The van der Waals surface area contributed by atoms with Crippen molar-refractivity contribution in [2.24, 2.45) is 5.92 Å². The summed E-state index contributed by atoms with van der Waals surface area (Å²) in [5, 5.41) is 0. The van der Waals surface area contributed by atoms with E-state index in [0.29, 0.717) is 26.4 Å². The van der Waals surface area contributed by atoms with Crippen molar-refractivity contribution in [2.75, 3.05) is 40.6 Å². The number of unbranched alkanes of at least 4 members (excludes halogenated alkanes) is 5. The zero-order valence-electron chi connectivity index (χ0n) is 15.8. The number of methoxy groups -OCH3 is 2. The Morgan fingerprint density at radius 1 is 0.870 bits per heavy atom. The van der Waals surface area contributed by atoms with Crippen molar-refractivity contribution in [1.29, 1.82) is 0 Å². The zero-order chi connectivity index (χ0) is 17.4. The molecule has 0 N–H and O–H groups in total. The molecule has 4 nitrogen and oxygen atoms in total. The van der Waals surface area contributed by atoms with Gasteiger partial charge in [0.15, 0.2) is 5.79 Å². The highest BCUT2D eigenvalue weighted by Gasteiger charge is 2.34. The number of rotatable bonds is 17. The fraction of sp³-hybridized carbons (Fsp3) is 0.895. The van der Waals surface area contributed by atoms with Crippen LogP contribution in [0, 0.1) is 5.92 Å². The highest BCUT2D eigenvalue weighted by atomic mass is 16.7. The monoisotopic (exact) mass is 330 g/mol. The SMILES string of the molecule is C=CC(CCCCCCCC)C(C)(OCCOC)OCCOC. The molecule has 0 heterocycles. The maximum Gasteiger partial charge on any atom is 0.171 e. The van der Waals surface area contributed by atoms with Crippen LogP contribution in [0.1, 0.15) is 58.8 Å². The molecule has 0 aromatic carbocycles. The van der Waals surface area contributed by atoms with E-state index in [2.05, 4.69) is 13.5 Å². The summed E-state index contributed by atoms with van der Waals surface area (Å²) in [5.41, 5.74) is 0. The number of ether oxygens (including phenoxy) is 4. The van der Waals surface area contributed by atoms with Crippen LogP contribution in [0.25, 0.3) is 0 Å². The topological polar surface area (TPSA) is 36.9 Å². The second kappa shape index (κ2) is 15.1. The first kappa shape index (κ1) is 22.6. The van der Waals surface area contributed by atoms with E-state index in [1.165, 1.54) is 38.5 Å². The van der Waals surface area contributed by atoms with E-state index in [1.54, 1.807) is 14.2 Å². The molecule has 4 heteroatoms. The molecule has 23 heavy (non-hydrogen) atoms. The second-order valence-electron chi connectivity index (χ2n) is 6.10. The third kappa shape index (κ3) is 10.9. The Kier molecular flexibility index (Phi) is 14.9. The molecule has 0 aliphatic rings. The molecule has 0 aliphatic heterocycles. The summed E-state index contributed by atoms with van der Waals surface area (Å²) >= 11 is 0. The lowest BCUT2D eigenvalue weighted by atomic mass is 9.92. The molecular weight excluding hydrogens is 292 g/mol. The number of hydrogen-bond acceptors (Lipinski definition) is 4. The Labute approximate surface area is 143 Å². The molecule has 0 saturated heterocycles. The summed E-state index contributed by atoms with van der Waals surface area (Å²) in [5.74, 6) is -0.496. The Morgan fingerprint density at radius 2 is 1.39 bits per heavy atom. The standard InChI is InChI=1S/C19H38O4/c1-6-8-9-10-11-12-13-18(7-2)19(3,22-16-14-20-4)23-17-15-21-5/h7,18H,2,6,8-17H2,1,3-5H3. The normalized spacial score (nSPS) is 13.2. The highest BCUT2D eigenvalue weighted by Crippen LogP contribution is 2.29. The molecule has 0 spiro atoms.